The van der Waals surface area contributed by atoms with E-state index in [4.69, 9.17) is 9.26 Å². The summed E-state index contributed by atoms with van der Waals surface area (Å²) in [6.07, 6.45) is 4.84. The van der Waals surface area contributed by atoms with E-state index in [1.54, 1.807) is 12.1 Å². The molecule has 2 aromatic rings. The molecule has 2 heterocycles. The molecule has 4 rings (SSSR count). The molecule has 8 nitrogen and oxygen atoms in total. The van der Waals surface area contributed by atoms with Crippen LogP contribution in [0, 0.1) is 0 Å². The van der Waals surface area contributed by atoms with E-state index in [2.05, 4.69) is 10.5 Å². The van der Waals surface area contributed by atoms with Crippen LogP contribution in [0.3, 0.4) is 0 Å². The van der Waals surface area contributed by atoms with Crippen molar-refractivity contribution in [3.05, 3.63) is 35.5 Å². The van der Waals surface area contributed by atoms with Crippen LogP contribution >= 0.6 is 0 Å². The van der Waals surface area contributed by atoms with Crippen LogP contribution in [-0.2, 0) is 27.7 Å². The average Bonchev–Trinajstić information content (AvgIpc) is 3.36. The van der Waals surface area contributed by atoms with Crippen molar-refractivity contribution in [3.8, 4) is 5.75 Å². The predicted molar refractivity (Wildman–Crippen MR) is 102 cm³/mol. The number of carbonyl (C=O) groups excluding carboxylic acids is 1. The lowest BCUT2D eigenvalue weighted by Crippen LogP contribution is -2.43. The summed E-state index contributed by atoms with van der Waals surface area (Å²) in [5, 5.41) is 6.80. The molecule has 0 saturated carbocycles. The molecule has 1 aromatic heterocycles. The molecule has 150 valence electrons. The second-order valence-electron chi connectivity index (χ2n) is 7.08. The molecule has 0 spiro atoms. The fourth-order valence-electron chi connectivity index (χ4n) is 3.86. The maximum Gasteiger partial charge on any atom is 0.245 e. The SMILES string of the molecule is COc1ccc(S(=O)(=O)N2CCCC2C(=O)Nc2onc3c2CCCC3)cc1. The summed E-state index contributed by atoms with van der Waals surface area (Å²) in [6.45, 7) is 0.307. The molecular weight excluding hydrogens is 382 g/mol. The number of sulfonamides is 1. The number of aromatic nitrogens is 1. The third-order valence-electron chi connectivity index (χ3n) is 5.37. The number of nitrogens with one attached hydrogen (secondary N) is 1. The van der Waals surface area contributed by atoms with Crippen LogP contribution in [0.1, 0.15) is 36.9 Å². The number of hydrogen-bond acceptors (Lipinski definition) is 6. The molecule has 28 heavy (non-hydrogen) atoms. The molecule has 1 fully saturated rings. The molecule has 1 atom stereocenters. The summed E-state index contributed by atoms with van der Waals surface area (Å²) in [5.41, 5.74) is 1.82. The third-order valence-corrected chi connectivity index (χ3v) is 7.29. The van der Waals surface area contributed by atoms with Crippen molar-refractivity contribution in [2.75, 3.05) is 19.0 Å². The Bertz CT molecular complexity index is 968. The van der Waals surface area contributed by atoms with Crippen LogP contribution in [-0.4, -0.2) is 43.5 Å². The number of benzene rings is 1. The summed E-state index contributed by atoms with van der Waals surface area (Å²) in [5.74, 6) is 0.553. The Morgan fingerprint density at radius 3 is 2.71 bits per heavy atom. The highest BCUT2D eigenvalue weighted by atomic mass is 32.2. The standard InChI is InChI=1S/C19H23N3O5S/c1-26-13-8-10-14(11-9-13)28(24,25)22-12-4-7-17(22)18(23)20-19-15-5-2-3-6-16(15)21-27-19/h8-11,17H,2-7,12H2,1H3,(H,20,23). The van der Waals surface area contributed by atoms with Crippen molar-refractivity contribution in [2.45, 2.75) is 49.5 Å². The second kappa shape index (κ2) is 7.56. The monoisotopic (exact) mass is 405 g/mol. The second-order valence-corrected chi connectivity index (χ2v) is 8.97. The van der Waals surface area contributed by atoms with Crippen molar-refractivity contribution in [1.29, 1.82) is 0 Å². The maximum atomic E-state index is 13.1. The Morgan fingerprint density at radius 2 is 1.96 bits per heavy atom. The van der Waals surface area contributed by atoms with E-state index in [-0.39, 0.29) is 10.8 Å². The van der Waals surface area contributed by atoms with Gasteiger partial charge in [0, 0.05) is 12.1 Å². The number of fused-ring (bicyclic) bond motifs is 1. The van der Waals surface area contributed by atoms with E-state index in [1.165, 1.54) is 23.5 Å². The van der Waals surface area contributed by atoms with Gasteiger partial charge in [0.1, 0.15) is 11.8 Å². The molecular formula is C19H23N3O5S. The van der Waals surface area contributed by atoms with Crippen LogP contribution in [0.5, 0.6) is 5.75 Å². The zero-order valence-electron chi connectivity index (χ0n) is 15.7. The van der Waals surface area contributed by atoms with Crippen molar-refractivity contribution in [1.82, 2.24) is 9.46 Å². The van der Waals surface area contributed by atoms with E-state index in [1.807, 2.05) is 0 Å². The van der Waals surface area contributed by atoms with Gasteiger partial charge in [-0.25, -0.2) is 8.42 Å². The maximum absolute atomic E-state index is 13.1. The summed E-state index contributed by atoms with van der Waals surface area (Å²) in [7, 11) is -2.26. The highest BCUT2D eigenvalue weighted by molar-refractivity contribution is 7.89. The zero-order chi connectivity index (χ0) is 19.7. The molecule has 9 heteroatoms. The molecule has 2 aliphatic rings. The number of hydrogen-bond donors (Lipinski definition) is 1. The molecule has 1 amide bonds. The molecule has 1 aromatic carbocycles. The van der Waals surface area contributed by atoms with Gasteiger partial charge in [-0.3, -0.25) is 10.1 Å². The van der Waals surface area contributed by atoms with Crippen molar-refractivity contribution in [2.24, 2.45) is 0 Å². The minimum atomic E-state index is -3.78. The van der Waals surface area contributed by atoms with Gasteiger partial charge in [-0.05, 0) is 62.8 Å². The number of aryl methyl sites for hydroxylation is 1. The van der Waals surface area contributed by atoms with Gasteiger partial charge in [0.15, 0.2) is 0 Å². The highest BCUT2D eigenvalue weighted by Gasteiger charge is 2.40. The van der Waals surface area contributed by atoms with Gasteiger partial charge < -0.3 is 9.26 Å². The predicted octanol–water partition coefficient (Wildman–Crippen LogP) is 2.35. The number of methoxy groups -OCH3 is 1. The van der Waals surface area contributed by atoms with E-state index in [0.29, 0.717) is 31.0 Å². The highest BCUT2D eigenvalue weighted by Crippen LogP contribution is 2.30. The van der Waals surface area contributed by atoms with Crippen molar-refractivity contribution in [3.63, 3.8) is 0 Å². The molecule has 1 N–H and O–H groups in total. The molecule has 1 aliphatic heterocycles. The Kier molecular flexibility index (Phi) is 5.11. The Morgan fingerprint density at radius 1 is 1.21 bits per heavy atom. The van der Waals surface area contributed by atoms with E-state index >= 15 is 0 Å². The quantitative estimate of drug-likeness (QED) is 0.819. The number of amides is 1. The van der Waals surface area contributed by atoms with Crippen LogP contribution in [0.15, 0.2) is 33.7 Å². The lowest BCUT2D eigenvalue weighted by molar-refractivity contribution is -0.119. The molecule has 0 radical (unpaired) electrons. The first-order valence-electron chi connectivity index (χ1n) is 9.45. The normalized spacial score (nSPS) is 20.0. The number of carbonyl (C=O) groups is 1. The summed E-state index contributed by atoms with van der Waals surface area (Å²) in [4.78, 5) is 13.0. The van der Waals surface area contributed by atoms with Crippen molar-refractivity contribution < 1.29 is 22.5 Å². The largest absolute Gasteiger partial charge is 0.497 e. The Balaban J connectivity index is 1.54. The molecule has 1 unspecified atom stereocenters. The number of ether oxygens (including phenoxy) is 1. The molecule has 1 aliphatic carbocycles. The molecule has 0 bridgehead atoms. The van der Waals surface area contributed by atoms with Gasteiger partial charge in [0.05, 0.1) is 17.7 Å². The van der Waals surface area contributed by atoms with Gasteiger partial charge in [0.25, 0.3) is 0 Å². The van der Waals surface area contributed by atoms with Gasteiger partial charge in [0.2, 0.25) is 21.8 Å². The fraction of sp³-hybridized carbons (Fsp3) is 0.474. The van der Waals surface area contributed by atoms with E-state index in [9.17, 15) is 13.2 Å². The number of nitrogens with zero attached hydrogens (tertiary/aromatic N) is 2. The number of anilines is 1. The van der Waals surface area contributed by atoms with Crippen LogP contribution in [0.4, 0.5) is 5.88 Å². The first kappa shape index (κ1) is 18.9. The van der Waals surface area contributed by atoms with Gasteiger partial charge in [-0.2, -0.15) is 4.31 Å². The van der Waals surface area contributed by atoms with E-state index in [0.717, 1.165) is 36.9 Å². The van der Waals surface area contributed by atoms with Crippen LogP contribution < -0.4 is 10.1 Å². The van der Waals surface area contributed by atoms with Crippen LogP contribution in [0.2, 0.25) is 0 Å². The Hall–Kier alpha value is -2.39. The average molecular weight is 405 g/mol. The summed E-state index contributed by atoms with van der Waals surface area (Å²) in [6, 6.07) is 5.41. The van der Waals surface area contributed by atoms with Crippen LogP contribution in [0.25, 0.3) is 0 Å². The number of rotatable bonds is 5. The molecule has 1 saturated heterocycles. The summed E-state index contributed by atoms with van der Waals surface area (Å²) < 4.78 is 37.8. The smallest absolute Gasteiger partial charge is 0.245 e. The fourth-order valence-corrected chi connectivity index (χ4v) is 5.51. The topological polar surface area (TPSA) is 102 Å². The van der Waals surface area contributed by atoms with E-state index < -0.39 is 16.1 Å². The third kappa shape index (κ3) is 3.40. The lowest BCUT2D eigenvalue weighted by atomic mass is 9.97. The zero-order valence-corrected chi connectivity index (χ0v) is 16.5. The first-order valence-corrected chi connectivity index (χ1v) is 10.9. The van der Waals surface area contributed by atoms with Crippen molar-refractivity contribution >= 4 is 21.8 Å². The first-order chi connectivity index (χ1) is 13.5. The minimum Gasteiger partial charge on any atom is -0.497 e. The lowest BCUT2D eigenvalue weighted by Gasteiger charge is -2.23. The van der Waals surface area contributed by atoms with Gasteiger partial charge in [-0.15, -0.1) is 0 Å². The van der Waals surface area contributed by atoms with Gasteiger partial charge >= 0.3 is 0 Å². The van der Waals surface area contributed by atoms with Gasteiger partial charge in [-0.1, -0.05) is 5.16 Å². The minimum absolute atomic E-state index is 0.144. The Labute approximate surface area is 163 Å². The summed E-state index contributed by atoms with van der Waals surface area (Å²) >= 11 is 0.